The van der Waals surface area contributed by atoms with Gasteiger partial charge in [0.15, 0.2) is 0 Å². The SMILES string of the molecule is CCOC(=O)c1ccc(Oc2cccc(OC)c2)c(N)c1. The maximum absolute atomic E-state index is 11.6. The third kappa shape index (κ3) is 3.66. The number of nitrogen functional groups attached to an aromatic ring is 1. The summed E-state index contributed by atoms with van der Waals surface area (Å²) in [5, 5.41) is 0. The Labute approximate surface area is 123 Å². The number of benzene rings is 2. The molecular formula is C16H17NO4. The summed E-state index contributed by atoms with van der Waals surface area (Å²) >= 11 is 0. The number of esters is 1. The minimum absolute atomic E-state index is 0.320. The van der Waals surface area contributed by atoms with Gasteiger partial charge in [-0.1, -0.05) is 6.07 Å². The lowest BCUT2D eigenvalue weighted by molar-refractivity contribution is 0.0526. The Morgan fingerprint density at radius 1 is 1.14 bits per heavy atom. The highest BCUT2D eigenvalue weighted by Crippen LogP contribution is 2.30. The third-order valence-electron chi connectivity index (χ3n) is 2.79. The van der Waals surface area contributed by atoms with Gasteiger partial charge in [0.05, 0.1) is 25.0 Å². The van der Waals surface area contributed by atoms with Crippen molar-refractivity contribution in [2.24, 2.45) is 0 Å². The minimum atomic E-state index is -0.405. The number of methoxy groups -OCH3 is 1. The van der Waals surface area contributed by atoms with Gasteiger partial charge in [-0.3, -0.25) is 0 Å². The standard InChI is InChI=1S/C16H17NO4/c1-3-20-16(18)11-7-8-15(14(17)9-11)21-13-6-4-5-12(10-13)19-2/h4-10H,3,17H2,1-2H3. The van der Waals surface area contributed by atoms with Gasteiger partial charge in [-0.2, -0.15) is 0 Å². The smallest absolute Gasteiger partial charge is 0.338 e. The first kappa shape index (κ1) is 14.7. The molecule has 0 fully saturated rings. The van der Waals surface area contributed by atoms with Crippen LogP contribution in [0.3, 0.4) is 0 Å². The molecule has 2 aromatic carbocycles. The van der Waals surface area contributed by atoms with E-state index < -0.39 is 5.97 Å². The molecule has 2 N–H and O–H groups in total. The monoisotopic (exact) mass is 287 g/mol. The Kier molecular flexibility index (Phi) is 4.66. The summed E-state index contributed by atoms with van der Waals surface area (Å²) in [6, 6.07) is 12.0. The maximum Gasteiger partial charge on any atom is 0.338 e. The first-order valence-electron chi connectivity index (χ1n) is 6.52. The Balaban J connectivity index is 2.19. The van der Waals surface area contributed by atoms with Crippen molar-refractivity contribution in [1.82, 2.24) is 0 Å². The summed E-state index contributed by atoms with van der Waals surface area (Å²) in [6.07, 6.45) is 0. The van der Waals surface area contributed by atoms with Crippen molar-refractivity contribution in [2.75, 3.05) is 19.5 Å². The van der Waals surface area contributed by atoms with Crippen LogP contribution in [0.1, 0.15) is 17.3 Å². The van der Waals surface area contributed by atoms with Crippen molar-refractivity contribution in [3.63, 3.8) is 0 Å². The van der Waals surface area contributed by atoms with Gasteiger partial charge in [0, 0.05) is 6.07 Å². The summed E-state index contributed by atoms with van der Waals surface area (Å²) in [6.45, 7) is 2.07. The molecule has 0 aliphatic carbocycles. The average molecular weight is 287 g/mol. The molecule has 21 heavy (non-hydrogen) atoms. The van der Waals surface area contributed by atoms with Gasteiger partial charge < -0.3 is 19.9 Å². The molecule has 0 bridgehead atoms. The topological polar surface area (TPSA) is 70.8 Å². The lowest BCUT2D eigenvalue weighted by Gasteiger charge is -2.10. The molecule has 0 saturated heterocycles. The van der Waals surface area contributed by atoms with Crippen LogP contribution in [0.2, 0.25) is 0 Å². The lowest BCUT2D eigenvalue weighted by Crippen LogP contribution is -2.05. The second kappa shape index (κ2) is 6.65. The number of carbonyl (C=O) groups excluding carboxylic acids is 1. The molecule has 0 amide bonds. The fraction of sp³-hybridized carbons (Fsp3) is 0.188. The van der Waals surface area contributed by atoms with Crippen molar-refractivity contribution < 1.29 is 19.0 Å². The second-order valence-corrected chi connectivity index (χ2v) is 4.25. The molecular weight excluding hydrogens is 270 g/mol. The molecule has 0 aliphatic rings. The van der Waals surface area contributed by atoms with Crippen LogP contribution >= 0.6 is 0 Å². The molecule has 0 aliphatic heterocycles. The molecule has 2 rings (SSSR count). The zero-order valence-electron chi connectivity index (χ0n) is 12.0. The van der Waals surface area contributed by atoms with Crippen LogP contribution in [0.25, 0.3) is 0 Å². The average Bonchev–Trinajstić information content (AvgIpc) is 2.49. The fourth-order valence-corrected chi connectivity index (χ4v) is 1.77. The van der Waals surface area contributed by atoms with Gasteiger partial charge in [0.2, 0.25) is 0 Å². The quantitative estimate of drug-likeness (QED) is 0.675. The highest BCUT2D eigenvalue weighted by Gasteiger charge is 2.10. The Hall–Kier alpha value is -2.69. The number of hydrogen-bond donors (Lipinski definition) is 1. The van der Waals surface area contributed by atoms with Crippen LogP contribution in [0.15, 0.2) is 42.5 Å². The van der Waals surface area contributed by atoms with E-state index >= 15 is 0 Å². The van der Waals surface area contributed by atoms with Gasteiger partial charge in [-0.15, -0.1) is 0 Å². The van der Waals surface area contributed by atoms with Crippen LogP contribution < -0.4 is 15.2 Å². The molecule has 5 heteroatoms. The van der Waals surface area contributed by atoms with Gasteiger partial charge in [0.1, 0.15) is 17.2 Å². The van der Waals surface area contributed by atoms with Crippen molar-refractivity contribution >= 4 is 11.7 Å². The first-order valence-corrected chi connectivity index (χ1v) is 6.52. The van der Waals surface area contributed by atoms with E-state index in [0.29, 0.717) is 35.1 Å². The Morgan fingerprint density at radius 3 is 2.57 bits per heavy atom. The number of hydrogen-bond acceptors (Lipinski definition) is 5. The lowest BCUT2D eigenvalue weighted by atomic mass is 10.2. The van der Waals surface area contributed by atoms with Crippen LogP contribution in [0, 0.1) is 0 Å². The molecule has 2 aromatic rings. The van der Waals surface area contributed by atoms with E-state index in [0.717, 1.165) is 0 Å². The molecule has 0 heterocycles. The first-order chi connectivity index (χ1) is 10.1. The minimum Gasteiger partial charge on any atom is -0.497 e. The highest BCUT2D eigenvalue weighted by molar-refractivity contribution is 5.91. The van der Waals surface area contributed by atoms with E-state index in [1.165, 1.54) is 6.07 Å². The van der Waals surface area contributed by atoms with Gasteiger partial charge >= 0.3 is 5.97 Å². The van der Waals surface area contributed by atoms with E-state index in [4.69, 9.17) is 19.9 Å². The van der Waals surface area contributed by atoms with Crippen molar-refractivity contribution in [3.8, 4) is 17.2 Å². The Morgan fingerprint density at radius 2 is 1.90 bits per heavy atom. The number of ether oxygens (including phenoxy) is 3. The van der Waals surface area contributed by atoms with Crippen LogP contribution in [0.5, 0.6) is 17.2 Å². The molecule has 0 radical (unpaired) electrons. The van der Waals surface area contributed by atoms with E-state index in [-0.39, 0.29) is 0 Å². The number of rotatable bonds is 5. The summed E-state index contributed by atoms with van der Waals surface area (Å²) in [7, 11) is 1.58. The highest BCUT2D eigenvalue weighted by atomic mass is 16.5. The normalized spacial score (nSPS) is 10.0. The predicted molar refractivity (Wildman–Crippen MR) is 79.9 cm³/mol. The molecule has 0 atom stereocenters. The van der Waals surface area contributed by atoms with Crippen LogP contribution in [0.4, 0.5) is 5.69 Å². The predicted octanol–water partition coefficient (Wildman–Crippen LogP) is 3.25. The third-order valence-corrected chi connectivity index (χ3v) is 2.79. The molecule has 0 saturated carbocycles. The van der Waals surface area contributed by atoms with Gasteiger partial charge in [-0.25, -0.2) is 4.79 Å². The van der Waals surface area contributed by atoms with Gasteiger partial charge in [-0.05, 0) is 37.3 Å². The summed E-state index contributed by atoms with van der Waals surface area (Å²) in [4.78, 5) is 11.6. The van der Waals surface area contributed by atoms with Crippen LogP contribution in [-0.2, 0) is 4.74 Å². The zero-order valence-corrected chi connectivity index (χ0v) is 12.0. The van der Waals surface area contributed by atoms with Gasteiger partial charge in [0.25, 0.3) is 0 Å². The molecule has 110 valence electrons. The summed E-state index contributed by atoms with van der Waals surface area (Å²) in [5.74, 6) is 1.35. The number of nitrogens with two attached hydrogens (primary N) is 1. The fourth-order valence-electron chi connectivity index (χ4n) is 1.77. The molecule has 0 spiro atoms. The van der Waals surface area contributed by atoms with Crippen molar-refractivity contribution in [3.05, 3.63) is 48.0 Å². The zero-order chi connectivity index (χ0) is 15.2. The largest absolute Gasteiger partial charge is 0.497 e. The molecule has 0 unspecified atom stereocenters. The summed E-state index contributed by atoms with van der Waals surface area (Å²) < 4.78 is 15.7. The Bertz CT molecular complexity index is 640. The van der Waals surface area contributed by atoms with Crippen molar-refractivity contribution in [1.29, 1.82) is 0 Å². The second-order valence-electron chi connectivity index (χ2n) is 4.25. The van der Waals surface area contributed by atoms with Crippen molar-refractivity contribution in [2.45, 2.75) is 6.92 Å². The van der Waals surface area contributed by atoms with E-state index in [1.807, 2.05) is 12.1 Å². The van der Waals surface area contributed by atoms with E-state index in [2.05, 4.69) is 0 Å². The van der Waals surface area contributed by atoms with E-state index in [9.17, 15) is 4.79 Å². The number of anilines is 1. The number of carbonyl (C=O) groups is 1. The van der Waals surface area contributed by atoms with Crippen LogP contribution in [-0.4, -0.2) is 19.7 Å². The maximum atomic E-state index is 11.6. The summed E-state index contributed by atoms with van der Waals surface area (Å²) in [5.41, 5.74) is 6.67. The molecule has 0 aromatic heterocycles. The molecule has 5 nitrogen and oxygen atoms in total. The van der Waals surface area contributed by atoms with E-state index in [1.54, 1.807) is 38.3 Å².